The molecule has 5 nitrogen and oxygen atoms in total. The normalized spacial score (nSPS) is 26.8. The molecule has 2 aromatic carbocycles. The van der Waals surface area contributed by atoms with Crippen molar-refractivity contribution < 1.29 is 23.5 Å². The molecule has 3 aliphatic rings. The molecule has 0 amide bonds. The molecule has 0 aromatic heterocycles. The van der Waals surface area contributed by atoms with Gasteiger partial charge in [0.15, 0.2) is 0 Å². The molecule has 0 N–H and O–H groups in total. The zero-order chi connectivity index (χ0) is 29.4. The Morgan fingerprint density at radius 1 is 1.02 bits per heavy atom. The number of rotatable bonds is 9. The minimum Gasteiger partial charge on any atom is -0.462 e. The van der Waals surface area contributed by atoms with Gasteiger partial charge in [-0.05, 0) is 70.3 Å². The maximum absolute atomic E-state index is 12.8. The van der Waals surface area contributed by atoms with Gasteiger partial charge < -0.3 is 13.9 Å². The first-order valence-corrected chi connectivity index (χ1v) is 17.3. The molecular formula is C35H46O5Si. The number of fused-ring (bicyclic) bond motifs is 2. The Balaban J connectivity index is 1.38. The van der Waals surface area contributed by atoms with Crippen molar-refractivity contribution in [1.82, 2.24) is 0 Å². The van der Waals surface area contributed by atoms with Crippen molar-refractivity contribution >= 4 is 30.6 Å². The number of benzene rings is 2. The summed E-state index contributed by atoms with van der Waals surface area (Å²) in [7, 11) is -2.60. The zero-order valence-corrected chi connectivity index (χ0v) is 26.5. The Hall–Kier alpha value is -2.70. The van der Waals surface area contributed by atoms with Crippen molar-refractivity contribution in [3.8, 4) is 0 Å². The van der Waals surface area contributed by atoms with Gasteiger partial charge >= 0.3 is 11.9 Å². The fourth-order valence-corrected chi connectivity index (χ4v) is 12.4. The van der Waals surface area contributed by atoms with Gasteiger partial charge in [-0.1, -0.05) is 95.3 Å². The first kappa shape index (κ1) is 29.8. The Labute approximate surface area is 246 Å². The van der Waals surface area contributed by atoms with Gasteiger partial charge in [-0.2, -0.15) is 0 Å². The van der Waals surface area contributed by atoms with Crippen LogP contribution >= 0.6 is 0 Å². The molecule has 6 atom stereocenters. The van der Waals surface area contributed by atoms with Gasteiger partial charge in [0, 0.05) is 25.0 Å². The number of cyclic esters (lactones) is 1. The van der Waals surface area contributed by atoms with Crippen LogP contribution in [0.25, 0.3) is 0 Å². The summed E-state index contributed by atoms with van der Waals surface area (Å²) in [5.74, 6) is 0.979. The quantitative estimate of drug-likeness (QED) is 0.207. The number of hydrogen-bond donors (Lipinski definition) is 0. The summed E-state index contributed by atoms with van der Waals surface area (Å²) in [6.07, 6.45) is 3.42. The molecule has 41 heavy (non-hydrogen) atoms. The molecule has 0 unspecified atom stereocenters. The third kappa shape index (κ3) is 5.83. The Kier molecular flexibility index (Phi) is 8.63. The summed E-state index contributed by atoms with van der Waals surface area (Å²) < 4.78 is 18.8. The standard InChI is InChI=1S/C35H46O5Si/c1-23(32-30-22-38-34(37)33(30)29-21-28(29)24(2)20-31(32)40-25(3)36)14-13-19-39-41(35(4,5)6,26-15-9-7-10-16-26)27-17-11-8-12-18-27/h7-12,15-18,23-24,28-29,31-32H,13-14,19-22H2,1-6H3/t23-,24-,28+,29+,31-,32+/m1/s1. The molecule has 0 spiro atoms. The van der Waals surface area contributed by atoms with Crippen molar-refractivity contribution in [2.75, 3.05) is 13.2 Å². The number of carbonyl (C=O) groups excluding carboxylic acids is 2. The molecule has 1 heterocycles. The van der Waals surface area contributed by atoms with Crippen molar-refractivity contribution in [2.45, 2.75) is 78.4 Å². The highest BCUT2D eigenvalue weighted by molar-refractivity contribution is 6.99. The molecule has 2 aliphatic carbocycles. The minimum atomic E-state index is -2.60. The summed E-state index contributed by atoms with van der Waals surface area (Å²) in [5.41, 5.74) is 1.97. The Morgan fingerprint density at radius 2 is 1.63 bits per heavy atom. The van der Waals surface area contributed by atoms with Gasteiger partial charge in [0.2, 0.25) is 0 Å². The first-order valence-electron chi connectivity index (χ1n) is 15.4. The zero-order valence-electron chi connectivity index (χ0n) is 25.5. The first-order chi connectivity index (χ1) is 19.5. The van der Waals surface area contributed by atoms with Crippen molar-refractivity contribution in [2.24, 2.45) is 29.6 Å². The summed E-state index contributed by atoms with van der Waals surface area (Å²) in [6, 6.07) is 21.5. The monoisotopic (exact) mass is 574 g/mol. The van der Waals surface area contributed by atoms with Crippen molar-refractivity contribution in [3.63, 3.8) is 0 Å². The highest BCUT2D eigenvalue weighted by Gasteiger charge is 2.54. The van der Waals surface area contributed by atoms with Crippen LogP contribution in [-0.4, -0.2) is 39.6 Å². The van der Waals surface area contributed by atoms with E-state index in [1.165, 1.54) is 17.3 Å². The van der Waals surface area contributed by atoms with E-state index in [1.54, 1.807) is 0 Å². The van der Waals surface area contributed by atoms with Gasteiger partial charge in [-0.25, -0.2) is 4.79 Å². The number of esters is 2. The number of ether oxygens (including phenoxy) is 2. The predicted molar refractivity (Wildman–Crippen MR) is 164 cm³/mol. The van der Waals surface area contributed by atoms with E-state index < -0.39 is 8.32 Å². The van der Waals surface area contributed by atoms with Crippen LogP contribution in [-0.2, 0) is 23.5 Å². The van der Waals surface area contributed by atoms with Crippen LogP contribution in [0.1, 0.15) is 67.2 Å². The lowest BCUT2D eigenvalue weighted by atomic mass is 9.74. The molecule has 5 rings (SSSR count). The van der Waals surface area contributed by atoms with Crippen LogP contribution < -0.4 is 10.4 Å². The molecule has 220 valence electrons. The van der Waals surface area contributed by atoms with Crippen LogP contribution in [0.2, 0.25) is 5.04 Å². The summed E-state index contributed by atoms with van der Waals surface area (Å²) in [6.45, 7) is 13.9. The highest BCUT2D eigenvalue weighted by Crippen LogP contribution is 2.56. The molecule has 1 saturated carbocycles. The maximum atomic E-state index is 12.8. The van der Waals surface area contributed by atoms with Gasteiger partial charge in [0.05, 0.1) is 0 Å². The van der Waals surface area contributed by atoms with E-state index in [9.17, 15) is 9.59 Å². The Bertz CT molecular complexity index is 1220. The molecule has 0 radical (unpaired) electrons. The van der Waals surface area contributed by atoms with Crippen molar-refractivity contribution in [1.29, 1.82) is 0 Å². The highest BCUT2D eigenvalue weighted by atomic mass is 28.4. The lowest BCUT2D eigenvalue weighted by Crippen LogP contribution is -2.66. The maximum Gasteiger partial charge on any atom is 0.334 e. The molecular weight excluding hydrogens is 528 g/mol. The SMILES string of the molecule is CC(=O)O[C@@H]1C[C@@H](C)[C@@H]2C[C@@H]2C2=C(COC2=O)[C@@H]1[C@H](C)CCCO[Si](c1ccccc1)(c1ccccc1)C(C)(C)C. The van der Waals surface area contributed by atoms with E-state index in [1.807, 2.05) is 0 Å². The van der Waals surface area contributed by atoms with Gasteiger partial charge in [0.1, 0.15) is 12.7 Å². The van der Waals surface area contributed by atoms with E-state index in [0.717, 1.165) is 36.8 Å². The third-order valence-corrected chi connectivity index (χ3v) is 14.8. The fourth-order valence-electron chi connectivity index (χ4n) is 7.80. The Morgan fingerprint density at radius 3 is 2.20 bits per heavy atom. The van der Waals surface area contributed by atoms with E-state index in [-0.39, 0.29) is 34.9 Å². The van der Waals surface area contributed by atoms with Gasteiger partial charge in [-0.3, -0.25) is 4.79 Å². The summed E-state index contributed by atoms with van der Waals surface area (Å²) >= 11 is 0. The number of carbonyl (C=O) groups is 2. The topological polar surface area (TPSA) is 61.8 Å². The minimum absolute atomic E-state index is 0.0165. The molecule has 6 heteroatoms. The van der Waals surface area contributed by atoms with E-state index >= 15 is 0 Å². The molecule has 0 bridgehead atoms. The third-order valence-electron chi connectivity index (χ3n) is 9.74. The smallest absolute Gasteiger partial charge is 0.334 e. The average Bonchev–Trinajstić information content (AvgIpc) is 3.63. The van der Waals surface area contributed by atoms with Gasteiger partial charge in [0.25, 0.3) is 8.32 Å². The van der Waals surface area contributed by atoms with Crippen LogP contribution in [0, 0.1) is 29.6 Å². The lowest BCUT2D eigenvalue weighted by molar-refractivity contribution is -0.150. The van der Waals surface area contributed by atoms with E-state index in [2.05, 4.69) is 95.3 Å². The average molecular weight is 575 g/mol. The van der Waals surface area contributed by atoms with Crippen molar-refractivity contribution in [3.05, 3.63) is 71.8 Å². The second-order valence-corrected chi connectivity index (χ2v) is 17.8. The molecule has 2 aromatic rings. The second kappa shape index (κ2) is 11.9. The fraction of sp³-hybridized carbons (Fsp3) is 0.543. The second-order valence-electron chi connectivity index (χ2n) is 13.5. The van der Waals surface area contributed by atoms with Gasteiger partial charge in [-0.15, -0.1) is 0 Å². The van der Waals surface area contributed by atoms with Crippen LogP contribution in [0.15, 0.2) is 71.8 Å². The molecule has 1 fully saturated rings. The lowest BCUT2D eigenvalue weighted by Gasteiger charge is -2.43. The summed E-state index contributed by atoms with van der Waals surface area (Å²) in [4.78, 5) is 25.1. The summed E-state index contributed by atoms with van der Waals surface area (Å²) in [5, 5.41) is 2.50. The van der Waals surface area contributed by atoms with Crippen LogP contribution in [0.4, 0.5) is 0 Å². The van der Waals surface area contributed by atoms with E-state index in [0.29, 0.717) is 31.0 Å². The van der Waals surface area contributed by atoms with E-state index in [4.69, 9.17) is 13.9 Å². The molecule has 0 saturated heterocycles. The molecule has 1 aliphatic heterocycles. The predicted octanol–water partition coefficient (Wildman–Crippen LogP) is 6.06. The number of hydrogen-bond acceptors (Lipinski definition) is 5. The van der Waals surface area contributed by atoms with Crippen LogP contribution in [0.3, 0.4) is 0 Å². The van der Waals surface area contributed by atoms with Crippen LogP contribution in [0.5, 0.6) is 0 Å². The largest absolute Gasteiger partial charge is 0.462 e.